The van der Waals surface area contributed by atoms with Crippen molar-refractivity contribution < 1.29 is 0 Å². The Hall–Kier alpha value is -0.960. The Morgan fingerprint density at radius 1 is 1.29 bits per heavy atom. The summed E-state index contributed by atoms with van der Waals surface area (Å²) < 4.78 is 0. The van der Waals surface area contributed by atoms with Crippen LogP contribution in [0.1, 0.15) is 38.1 Å². The van der Waals surface area contributed by atoms with Gasteiger partial charge in [0.15, 0.2) is 0 Å². The summed E-state index contributed by atoms with van der Waals surface area (Å²) in [5, 5.41) is 0. The molecule has 3 heteroatoms. The summed E-state index contributed by atoms with van der Waals surface area (Å²) in [6.45, 7) is 4.25. The van der Waals surface area contributed by atoms with Gasteiger partial charge in [0.05, 0.1) is 0 Å². The third-order valence-electron chi connectivity index (χ3n) is 2.28. The lowest BCUT2D eigenvalue weighted by molar-refractivity contribution is 0.634. The molecule has 1 unspecified atom stereocenters. The van der Waals surface area contributed by atoms with Crippen molar-refractivity contribution in [2.75, 3.05) is 0 Å². The van der Waals surface area contributed by atoms with Crippen LogP contribution in [0.3, 0.4) is 0 Å². The molecule has 0 amide bonds. The van der Waals surface area contributed by atoms with E-state index in [0.717, 1.165) is 37.1 Å². The Kier molecular flexibility index (Phi) is 4.53. The van der Waals surface area contributed by atoms with Crippen LogP contribution in [-0.2, 0) is 12.8 Å². The fraction of sp³-hybridized carbons (Fsp3) is 0.636. The van der Waals surface area contributed by atoms with Gasteiger partial charge < -0.3 is 5.73 Å². The minimum atomic E-state index is 0.222. The van der Waals surface area contributed by atoms with Crippen LogP contribution in [0.5, 0.6) is 0 Å². The Labute approximate surface area is 85.8 Å². The van der Waals surface area contributed by atoms with E-state index in [4.69, 9.17) is 5.73 Å². The van der Waals surface area contributed by atoms with Crippen molar-refractivity contribution in [3.63, 3.8) is 0 Å². The molecule has 0 aliphatic rings. The minimum Gasteiger partial charge on any atom is -0.327 e. The number of aryl methyl sites for hydroxylation is 1. The summed E-state index contributed by atoms with van der Waals surface area (Å²) in [6, 6.07) is 2.29. The maximum Gasteiger partial charge on any atom is 0.115 e. The average molecular weight is 193 g/mol. The Morgan fingerprint density at radius 2 is 2.00 bits per heavy atom. The number of nitrogens with zero attached hydrogens (tertiary/aromatic N) is 2. The van der Waals surface area contributed by atoms with Gasteiger partial charge in [0, 0.05) is 23.9 Å². The molecule has 0 fully saturated rings. The molecular formula is C11H19N3. The van der Waals surface area contributed by atoms with Gasteiger partial charge in [0.1, 0.15) is 6.33 Å². The highest BCUT2D eigenvalue weighted by molar-refractivity contribution is 5.09. The molecule has 0 saturated heterocycles. The summed E-state index contributed by atoms with van der Waals surface area (Å²) in [5.41, 5.74) is 8.06. The van der Waals surface area contributed by atoms with Crippen molar-refractivity contribution in [1.29, 1.82) is 0 Å². The minimum absolute atomic E-state index is 0.222. The molecule has 3 nitrogen and oxygen atoms in total. The molecule has 78 valence electrons. The van der Waals surface area contributed by atoms with Gasteiger partial charge in [0.25, 0.3) is 0 Å². The van der Waals surface area contributed by atoms with Crippen LogP contribution < -0.4 is 5.73 Å². The standard InChI is InChI=1S/C11H19N3/c1-3-5-10-7-11(14-8-13-10)6-9(12)4-2/h7-9H,3-6,12H2,1-2H3. The number of aromatic nitrogens is 2. The maximum atomic E-state index is 5.87. The van der Waals surface area contributed by atoms with E-state index in [1.54, 1.807) is 6.33 Å². The first kappa shape index (κ1) is 11.1. The van der Waals surface area contributed by atoms with Crippen molar-refractivity contribution in [2.24, 2.45) is 5.73 Å². The summed E-state index contributed by atoms with van der Waals surface area (Å²) >= 11 is 0. The first-order chi connectivity index (χ1) is 6.76. The normalized spacial score (nSPS) is 12.8. The zero-order chi connectivity index (χ0) is 10.4. The van der Waals surface area contributed by atoms with Crippen molar-refractivity contribution in [3.8, 4) is 0 Å². The largest absolute Gasteiger partial charge is 0.327 e. The van der Waals surface area contributed by atoms with Crippen LogP contribution >= 0.6 is 0 Å². The summed E-state index contributed by atoms with van der Waals surface area (Å²) in [6.07, 6.45) is 5.64. The molecule has 0 aliphatic heterocycles. The highest BCUT2D eigenvalue weighted by atomic mass is 14.8. The second-order valence-corrected chi connectivity index (χ2v) is 3.62. The van der Waals surface area contributed by atoms with Gasteiger partial charge in [-0.15, -0.1) is 0 Å². The molecule has 0 radical (unpaired) electrons. The molecule has 0 aromatic carbocycles. The first-order valence-corrected chi connectivity index (χ1v) is 5.31. The third kappa shape index (κ3) is 3.42. The van der Waals surface area contributed by atoms with Gasteiger partial charge in [0.2, 0.25) is 0 Å². The summed E-state index contributed by atoms with van der Waals surface area (Å²) in [4.78, 5) is 8.43. The van der Waals surface area contributed by atoms with Crippen molar-refractivity contribution in [1.82, 2.24) is 9.97 Å². The van der Waals surface area contributed by atoms with E-state index >= 15 is 0 Å². The predicted octanol–water partition coefficient (Wildman–Crippen LogP) is 1.71. The number of hydrogen-bond acceptors (Lipinski definition) is 3. The van der Waals surface area contributed by atoms with Crippen LogP contribution in [-0.4, -0.2) is 16.0 Å². The molecule has 1 atom stereocenters. The molecule has 1 heterocycles. The Balaban J connectivity index is 2.63. The second kappa shape index (κ2) is 5.70. The summed E-state index contributed by atoms with van der Waals surface area (Å²) in [5.74, 6) is 0. The van der Waals surface area contributed by atoms with E-state index in [0.29, 0.717) is 0 Å². The van der Waals surface area contributed by atoms with Crippen LogP contribution in [0.15, 0.2) is 12.4 Å². The SMILES string of the molecule is CCCc1cc(CC(N)CC)ncn1. The van der Waals surface area contributed by atoms with Gasteiger partial charge in [-0.05, 0) is 18.9 Å². The van der Waals surface area contributed by atoms with Gasteiger partial charge >= 0.3 is 0 Å². The monoisotopic (exact) mass is 193 g/mol. The average Bonchev–Trinajstić information content (AvgIpc) is 2.19. The molecule has 0 aliphatic carbocycles. The second-order valence-electron chi connectivity index (χ2n) is 3.62. The van der Waals surface area contributed by atoms with Crippen LogP contribution in [0, 0.1) is 0 Å². The molecular weight excluding hydrogens is 174 g/mol. The fourth-order valence-electron chi connectivity index (χ4n) is 1.36. The van der Waals surface area contributed by atoms with Gasteiger partial charge in [-0.25, -0.2) is 9.97 Å². The zero-order valence-electron chi connectivity index (χ0n) is 9.03. The van der Waals surface area contributed by atoms with Crippen LogP contribution in [0.4, 0.5) is 0 Å². The van der Waals surface area contributed by atoms with Crippen molar-refractivity contribution in [2.45, 2.75) is 45.6 Å². The lowest BCUT2D eigenvalue weighted by Gasteiger charge is -2.08. The predicted molar refractivity (Wildman–Crippen MR) is 58.0 cm³/mol. The molecule has 1 rings (SSSR count). The van der Waals surface area contributed by atoms with E-state index in [-0.39, 0.29) is 6.04 Å². The molecule has 1 aromatic heterocycles. The van der Waals surface area contributed by atoms with Gasteiger partial charge in [-0.2, -0.15) is 0 Å². The molecule has 0 spiro atoms. The van der Waals surface area contributed by atoms with Gasteiger partial charge in [-0.1, -0.05) is 20.3 Å². The van der Waals surface area contributed by atoms with E-state index < -0.39 is 0 Å². The topological polar surface area (TPSA) is 51.8 Å². The number of hydrogen-bond donors (Lipinski definition) is 1. The first-order valence-electron chi connectivity index (χ1n) is 5.31. The van der Waals surface area contributed by atoms with Crippen LogP contribution in [0.2, 0.25) is 0 Å². The smallest absolute Gasteiger partial charge is 0.115 e. The lowest BCUT2D eigenvalue weighted by atomic mass is 10.1. The van der Waals surface area contributed by atoms with Crippen LogP contribution in [0.25, 0.3) is 0 Å². The number of nitrogens with two attached hydrogens (primary N) is 1. The van der Waals surface area contributed by atoms with Crippen molar-refractivity contribution in [3.05, 3.63) is 23.8 Å². The molecule has 0 bridgehead atoms. The number of rotatable bonds is 5. The summed E-state index contributed by atoms with van der Waals surface area (Å²) in [7, 11) is 0. The highest BCUT2D eigenvalue weighted by Crippen LogP contribution is 2.04. The quantitative estimate of drug-likeness (QED) is 0.774. The van der Waals surface area contributed by atoms with E-state index in [9.17, 15) is 0 Å². The maximum absolute atomic E-state index is 5.87. The Bertz CT molecular complexity index is 273. The highest BCUT2D eigenvalue weighted by Gasteiger charge is 2.03. The van der Waals surface area contributed by atoms with E-state index in [1.807, 2.05) is 0 Å². The zero-order valence-corrected chi connectivity index (χ0v) is 9.03. The van der Waals surface area contributed by atoms with E-state index in [2.05, 4.69) is 29.9 Å². The Morgan fingerprint density at radius 3 is 2.64 bits per heavy atom. The van der Waals surface area contributed by atoms with Crippen molar-refractivity contribution >= 4 is 0 Å². The molecule has 2 N–H and O–H groups in total. The third-order valence-corrected chi connectivity index (χ3v) is 2.28. The molecule has 1 aromatic rings. The molecule has 14 heavy (non-hydrogen) atoms. The molecule has 0 saturated carbocycles. The van der Waals surface area contributed by atoms with Gasteiger partial charge in [-0.3, -0.25) is 0 Å². The fourth-order valence-corrected chi connectivity index (χ4v) is 1.36. The van der Waals surface area contributed by atoms with E-state index in [1.165, 1.54) is 0 Å². The lowest BCUT2D eigenvalue weighted by Crippen LogP contribution is -2.22.